The summed E-state index contributed by atoms with van der Waals surface area (Å²) in [6, 6.07) is 6.72. The minimum atomic E-state index is -0.430. The van der Waals surface area contributed by atoms with Crippen LogP contribution in [0.25, 0.3) is 0 Å². The highest BCUT2D eigenvalue weighted by molar-refractivity contribution is 5.82. The molecular formula is C12H17N3O3. The van der Waals surface area contributed by atoms with Gasteiger partial charge in [0.1, 0.15) is 5.75 Å². The maximum atomic E-state index is 11.5. The number of carbonyl (C=O) groups excluding carboxylic acids is 2. The van der Waals surface area contributed by atoms with Gasteiger partial charge in [0.2, 0.25) is 5.91 Å². The fourth-order valence-electron chi connectivity index (χ4n) is 1.30. The molecule has 0 heterocycles. The first kappa shape index (κ1) is 13.8. The quantitative estimate of drug-likeness (QED) is 0.685. The first-order valence-corrected chi connectivity index (χ1v) is 5.61. The lowest BCUT2D eigenvalue weighted by Crippen LogP contribution is -2.47. The summed E-state index contributed by atoms with van der Waals surface area (Å²) in [7, 11) is 1.58. The van der Waals surface area contributed by atoms with E-state index in [4.69, 9.17) is 4.74 Å². The van der Waals surface area contributed by atoms with E-state index in [9.17, 15) is 9.59 Å². The van der Waals surface area contributed by atoms with E-state index >= 15 is 0 Å². The molecule has 0 atom stereocenters. The van der Waals surface area contributed by atoms with Crippen LogP contribution in [0.3, 0.4) is 0 Å². The van der Waals surface area contributed by atoms with Gasteiger partial charge in [0, 0.05) is 6.54 Å². The summed E-state index contributed by atoms with van der Waals surface area (Å²) in [5, 5.41) is 2.50. The van der Waals surface area contributed by atoms with Crippen molar-refractivity contribution >= 4 is 11.9 Å². The topological polar surface area (TPSA) is 79.5 Å². The number of hydrogen-bond acceptors (Lipinski definition) is 3. The number of methoxy groups -OCH3 is 1. The number of amides is 3. The molecule has 1 aromatic carbocycles. The fourth-order valence-corrected chi connectivity index (χ4v) is 1.30. The summed E-state index contributed by atoms with van der Waals surface area (Å²) < 4.78 is 5.01. The van der Waals surface area contributed by atoms with Crippen molar-refractivity contribution in [3.8, 4) is 5.75 Å². The second-order valence-corrected chi connectivity index (χ2v) is 3.56. The van der Waals surface area contributed by atoms with E-state index in [1.54, 1.807) is 38.3 Å². The number of nitrogens with one attached hydrogen (secondary N) is 3. The third kappa shape index (κ3) is 4.73. The van der Waals surface area contributed by atoms with Crippen LogP contribution in [0.4, 0.5) is 4.79 Å². The zero-order chi connectivity index (χ0) is 13.4. The largest absolute Gasteiger partial charge is 0.497 e. The summed E-state index contributed by atoms with van der Waals surface area (Å²) in [5.74, 6) is 0.450. The Labute approximate surface area is 106 Å². The molecule has 0 radical (unpaired) electrons. The van der Waals surface area contributed by atoms with Crippen LogP contribution in [0.2, 0.25) is 0 Å². The van der Waals surface area contributed by atoms with Crippen molar-refractivity contribution in [2.45, 2.75) is 13.3 Å². The van der Waals surface area contributed by atoms with Crippen molar-refractivity contribution in [1.29, 1.82) is 0 Å². The molecule has 1 aromatic rings. The molecular weight excluding hydrogens is 234 g/mol. The smallest absolute Gasteiger partial charge is 0.333 e. The number of urea groups is 1. The standard InChI is InChI=1S/C12H17N3O3/c1-3-13-12(17)15-14-11(16)8-9-4-6-10(18-2)7-5-9/h4-7H,3,8H2,1-2H3,(H,14,16)(H2,13,15,17). The number of rotatable bonds is 4. The monoisotopic (exact) mass is 251 g/mol. The molecule has 0 saturated carbocycles. The molecule has 0 aromatic heterocycles. The highest BCUT2D eigenvalue weighted by Gasteiger charge is 2.04. The lowest BCUT2D eigenvalue weighted by atomic mass is 10.1. The molecule has 3 N–H and O–H groups in total. The van der Waals surface area contributed by atoms with Crippen LogP contribution in [0.1, 0.15) is 12.5 Å². The fraction of sp³-hybridized carbons (Fsp3) is 0.333. The Morgan fingerprint density at radius 3 is 2.39 bits per heavy atom. The van der Waals surface area contributed by atoms with Crippen LogP contribution in [0, 0.1) is 0 Å². The van der Waals surface area contributed by atoms with Gasteiger partial charge >= 0.3 is 6.03 Å². The van der Waals surface area contributed by atoms with Crippen LogP contribution < -0.4 is 20.9 Å². The van der Waals surface area contributed by atoms with Gasteiger partial charge in [-0.2, -0.15) is 0 Å². The third-order valence-corrected chi connectivity index (χ3v) is 2.18. The molecule has 98 valence electrons. The Kier molecular flexibility index (Phi) is 5.50. The molecule has 0 aliphatic rings. The third-order valence-electron chi connectivity index (χ3n) is 2.18. The molecule has 0 unspecified atom stereocenters. The van der Waals surface area contributed by atoms with E-state index in [0.29, 0.717) is 6.54 Å². The predicted octanol–water partition coefficient (Wildman–Crippen LogP) is 0.588. The minimum absolute atomic E-state index is 0.191. The molecule has 0 spiro atoms. The Morgan fingerprint density at radius 2 is 1.83 bits per heavy atom. The first-order chi connectivity index (χ1) is 8.65. The van der Waals surface area contributed by atoms with Gasteiger partial charge in [-0.15, -0.1) is 0 Å². The summed E-state index contributed by atoms with van der Waals surface area (Å²) >= 11 is 0. The summed E-state index contributed by atoms with van der Waals surface area (Å²) in [5.41, 5.74) is 5.40. The normalized spacial score (nSPS) is 9.44. The van der Waals surface area contributed by atoms with Gasteiger partial charge in [0.05, 0.1) is 13.5 Å². The van der Waals surface area contributed by atoms with E-state index < -0.39 is 6.03 Å². The number of hydrogen-bond donors (Lipinski definition) is 3. The maximum Gasteiger partial charge on any atom is 0.333 e. The predicted molar refractivity (Wildman–Crippen MR) is 67.0 cm³/mol. The average molecular weight is 251 g/mol. The van der Waals surface area contributed by atoms with Crippen LogP contribution in [-0.4, -0.2) is 25.6 Å². The molecule has 0 aliphatic heterocycles. The maximum absolute atomic E-state index is 11.5. The second kappa shape index (κ2) is 7.16. The molecule has 18 heavy (non-hydrogen) atoms. The molecule has 6 heteroatoms. The highest BCUT2D eigenvalue weighted by atomic mass is 16.5. The molecule has 0 fully saturated rings. The van der Waals surface area contributed by atoms with Crippen molar-refractivity contribution in [3.63, 3.8) is 0 Å². The van der Waals surface area contributed by atoms with Crippen LogP contribution in [0.15, 0.2) is 24.3 Å². The van der Waals surface area contributed by atoms with E-state index in [-0.39, 0.29) is 12.3 Å². The van der Waals surface area contributed by atoms with Crippen LogP contribution in [-0.2, 0) is 11.2 Å². The average Bonchev–Trinajstić information content (AvgIpc) is 2.38. The van der Waals surface area contributed by atoms with E-state index in [1.807, 2.05) is 0 Å². The van der Waals surface area contributed by atoms with Gasteiger partial charge in [-0.05, 0) is 24.6 Å². The van der Waals surface area contributed by atoms with Crippen LogP contribution in [0.5, 0.6) is 5.75 Å². The van der Waals surface area contributed by atoms with Crippen molar-refractivity contribution in [2.75, 3.05) is 13.7 Å². The van der Waals surface area contributed by atoms with Gasteiger partial charge in [-0.3, -0.25) is 10.2 Å². The van der Waals surface area contributed by atoms with Gasteiger partial charge in [-0.25, -0.2) is 10.2 Å². The molecule has 0 aliphatic carbocycles. The Bertz CT molecular complexity index is 404. The summed E-state index contributed by atoms with van der Waals surface area (Å²) in [6.07, 6.45) is 0.191. The number of benzene rings is 1. The molecule has 0 bridgehead atoms. The van der Waals surface area contributed by atoms with Gasteiger partial charge in [0.15, 0.2) is 0 Å². The molecule has 0 saturated heterocycles. The van der Waals surface area contributed by atoms with Gasteiger partial charge in [-0.1, -0.05) is 12.1 Å². The number of hydrazine groups is 1. The SMILES string of the molecule is CCNC(=O)NNC(=O)Cc1ccc(OC)cc1. The minimum Gasteiger partial charge on any atom is -0.497 e. The van der Waals surface area contributed by atoms with Crippen molar-refractivity contribution in [2.24, 2.45) is 0 Å². The van der Waals surface area contributed by atoms with Gasteiger partial charge in [0.25, 0.3) is 0 Å². The zero-order valence-electron chi connectivity index (χ0n) is 10.4. The lowest BCUT2D eigenvalue weighted by molar-refractivity contribution is -0.121. The van der Waals surface area contributed by atoms with Crippen molar-refractivity contribution in [3.05, 3.63) is 29.8 Å². The highest BCUT2D eigenvalue weighted by Crippen LogP contribution is 2.11. The van der Waals surface area contributed by atoms with E-state index in [1.165, 1.54) is 0 Å². The van der Waals surface area contributed by atoms with E-state index in [2.05, 4.69) is 16.2 Å². The van der Waals surface area contributed by atoms with E-state index in [0.717, 1.165) is 11.3 Å². The summed E-state index contributed by atoms with van der Waals surface area (Å²) in [4.78, 5) is 22.5. The molecule has 3 amide bonds. The number of carbonyl (C=O) groups is 2. The Morgan fingerprint density at radius 1 is 1.17 bits per heavy atom. The summed E-state index contributed by atoms with van der Waals surface area (Å²) in [6.45, 7) is 2.29. The Balaban J connectivity index is 2.37. The zero-order valence-corrected chi connectivity index (χ0v) is 10.4. The first-order valence-electron chi connectivity index (χ1n) is 5.61. The molecule has 1 rings (SSSR count). The van der Waals surface area contributed by atoms with Crippen LogP contribution >= 0.6 is 0 Å². The second-order valence-electron chi connectivity index (χ2n) is 3.56. The Hall–Kier alpha value is -2.24. The van der Waals surface area contributed by atoms with Crippen molar-refractivity contribution in [1.82, 2.24) is 16.2 Å². The van der Waals surface area contributed by atoms with Crippen molar-refractivity contribution < 1.29 is 14.3 Å². The van der Waals surface area contributed by atoms with Gasteiger partial charge < -0.3 is 10.1 Å². The number of ether oxygens (including phenoxy) is 1. The molecule has 6 nitrogen and oxygen atoms in total. The lowest BCUT2D eigenvalue weighted by Gasteiger charge is -2.08.